The van der Waals surface area contributed by atoms with Crippen LogP contribution in [-0.4, -0.2) is 7.11 Å². The number of para-hydroxylation sites is 1. The van der Waals surface area contributed by atoms with Crippen molar-refractivity contribution in [3.63, 3.8) is 0 Å². The first-order valence-electron chi connectivity index (χ1n) is 6.37. The molecule has 0 spiro atoms. The molecule has 5 heteroatoms. The molecule has 1 unspecified atom stereocenters. The smallest absolute Gasteiger partial charge is 0.169 e. The molecule has 1 aromatic heterocycles. The molecule has 3 aromatic rings. The summed E-state index contributed by atoms with van der Waals surface area (Å²) in [7, 11) is 1.45. The predicted molar refractivity (Wildman–Crippen MR) is 75.2 cm³/mol. The van der Waals surface area contributed by atoms with E-state index in [0.717, 1.165) is 0 Å². The summed E-state index contributed by atoms with van der Waals surface area (Å²) < 4.78 is 38.0. The van der Waals surface area contributed by atoms with E-state index in [0.29, 0.717) is 16.9 Å². The van der Waals surface area contributed by atoms with Crippen LogP contribution in [0.15, 0.2) is 46.9 Å². The van der Waals surface area contributed by atoms with Crippen molar-refractivity contribution in [2.45, 2.75) is 6.04 Å². The van der Waals surface area contributed by atoms with Crippen LogP contribution in [0.2, 0.25) is 0 Å². The number of fused-ring (bicyclic) bond motifs is 1. The summed E-state index contributed by atoms with van der Waals surface area (Å²) in [6.45, 7) is 0. The monoisotopic (exact) mass is 289 g/mol. The number of benzene rings is 2. The van der Waals surface area contributed by atoms with Gasteiger partial charge < -0.3 is 14.9 Å². The van der Waals surface area contributed by atoms with Gasteiger partial charge in [0.1, 0.15) is 17.3 Å². The molecule has 0 aliphatic heterocycles. The van der Waals surface area contributed by atoms with Gasteiger partial charge in [0, 0.05) is 17.0 Å². The van der Waals surface area contributed by atoms with Crippen LogP contribution >= 0.6 is 0 Å². The summed E-state index contributed by atoms with van der Waals surface area (Å²) in [4.78, 5) is 0. The average Bonchev–Trinajstić information content (AvgIpc) is 2.92. The number of halogens is 2. The lowest BCUT2D eigenvalue weighted by molar-refractivity contribution is 0.410. The van der Waals surface area contributed by atoms with Crippen molar-refractivity contribution >= 4 is 11.0 Å². The number of hydrogen-bond donors (Lipinski definition) is 1. The van der Waals surface area contributed by atoms with E-state index in [4.69, 9.17) is 14.9 Å². The molecule has 0 radical (unpaired) electrons. The highest BCUT2D eigenvalue weighted by atomic mass is 19.1. The van der Waals surface area contributed by atoms with Crippen molar-refractivity contribution in [2.75, 3.05) is 7.11 Å². The topological polar surface area (TPSA) is 48.4 Å². The number of furan rings is 1. The minimum Gasteiger partial charge on any atom is -0.497 e. The van der Waals surface area contributed by atoms with Crippen molar-refractivity contribution in [1.82, 2.24) is 0 Å². The van der Waals surface area contributed by atoms with Gasteiger partial charge >= 0.3 is 0 Å². The van der Waals surface area contributed by atoms with E-state index in [1.54, 1.807) is 24.3 Å². The largest absolute Gasteiger partial charge is 0.497 e. The van der Waals surface area contributed by atoms with Gasteiger partial charge in [0.05, 0.1) is 13.2 Å². The lowest BCUT2D eigenvalue weighted by Gasteiger charge is -2.11. The van der Waals surface area contributed by atoms with Gasteiger partial charge in [-0.15, -0.1) is 0 Å². The lowest BCUT2D eigenvalue weighted by Crippen LogP contribution is -2.12. The molecule has 0 aliphatic rings. The molecule has 1 heterocycles. The zero-order chi connectivity index (χ0) is 15.0. The highest BCUT2D eigenvalue weighted by Gasteiger charge is 2.19. The molecule has 2 N–H and O–H groups in total. The summed E-state index contributed by atoms with van der Waals surface area (Å²) >= 11 is 0. The van der Waals surface area contributed by atoms with Crippen LogP contribution in [0.25, 0.3) is 11.0 Å². The zero-order valence-electron chi connectivity index (χ0n) is 11.3. The van der Waals surface area contributed by atoms with Crippen molar-refractivity contribution in [3.05, 3.63) is 65.4 Å². The van der Waals surface area contributed by atoms with Crippen LogP contribution in [0.1, 0.15) is 17.4 Å². The first-order valence-corrected chi connectivity index (χ1v) is 6.37. The molecule has 108 valence electrons. The summed E-state index contributed by atoms with van der Waals surface area (Å²) in [6.07, 6.45) is 0. The lowest BCUT2D eigenvalue weighted by atomic mass is 10.0. The van der Waals surface area contributed by atoms with Crippen molar-refractivity contribution < 1.29 is 17.9 Å². The van der Waals surface area contributed by atoms with E-state index in [-0.39, 0.29) is 11.1 Å². The minimum absolute atomic E-state index is 0.122. The van der Waals surface area contributed by atoms with E-state index >= 15 is 0 Å². The fourth-order valence-electron chi connectivity index (χ4n) is 2.24. The molecule has 3 nitrogen and oxygen atoms in total. The second kappa shape index (κ2) is 5.18. The first kappa shape index (κ1) is 13.6. The van der Waals surface area contributed by atoms with Gasteiger partial charge in [-0.3, -0.25) is 0 Å². The highest BCUT2D eigenvalue weighted by Crippen LogP contribution is 2.30. The maximum Gasteiger partial charge on any atom is 0.169 e. The highest BCUT2D eigenvalue weighted by molar-refractivity contribution is 5.78. The fourth-order valence-corrected chi connectivity index (χ4v) is 2.24. The molecule has 0 amide bonds. The van der Waals surface area contributed by atoms with Crippen LogP contribution in [0.4, 0.5) is 8.78 Å². The molecule has 0 saturated carbocycles. The van der Waals surface area contributed by atoms with Gasteiger partial charge in [0.15, 0.2) is 11.4 Å². The van der Waals surface area contributed by atoms with Gasteiger partial charge in [-0.25, -0.2) is 8.78 Å². The number of hydrogen-bond acceptors (Lipinski definition) is 3. The third-order valence-corrected chi connectivity index (χ3v) is 3.36. The third-order valence-electron chi connectivity index (χ3n) is 3.36. The molecule has 1 atom stereocenters. The summed E-state index contributed by atoms with van der Waals surface area (Å²) in [5.41, 5.74) is 6.41. The molecule has 0 bridgehead atoms. The number of rotatable bonds is 3. The second-order valence-corrected chi connectivity index (χ2v) is 4.67. The third kappa shape index (κ3) is 2.36. The molecule has 0 fully saturated rings. The van der Waals surface area contributed by atoms with Crippen LogP contribution in [0.3, 0.4) is 0 Å². The Bertz CT molecular complexity index is 798. The number of nitrogens with two attached hydrogens (primary N) is 1. The molecule has 21 heavy (non-hydrogen) atoms. The van der Waals surface area contributed by atoms with Gasteiger partial charge in [-0.1, -0.05) is 18.2 Å². The Balaban J connectivity index is 2.04. The standard InChI is InChI=1S/C16H13F2NO2/c1-20-10-5-6-11(13(18)8-10)15(19)14-7-9-3-2-4-12(17)16(9)21-14/h2-8,15H,19H2,1H3. The molecular formula is C16H13F2NO2. The van der Waals surface area contributed by atoms with Crippen molar-refractivity contribution in [3.8, 4) is 5.75 Å². The normalized spacial score (nSPS) is 12.6. The van der Waals surface area contributed by atoms with Gasteiger partial charge in [-0.2, -0.15) is 0 Å². The summed E-state index contributed by atoms with van der Waals surface area (Å²) in [5, 5.41) is 0.592. The number of ether oxygens (including phenoxy) is 1. The van der Waals surface area contributed by atoms with Crippen LogP contribution in [0.5, 0.6) is 5.75 Å². The van der Waals surface area contributed by atoms with E-state index in [1.165, 1.54) is 25.3 Å². The Kier molecular flexibility index (Phi) is 3.35. The molecule has 3 rings (SSSR count). The maximum absolute atomic E-state index is 14.0. The van der Waals surface area contributed by atoms with E-state index in [2.05, 4.69) is 0 Å². The van der Waals surface area contributed by atoms with Crippen LogP contribution in [-0.2, 0) is 0 Å². The predicted octanol–water partition coefficient (Wildman–Crippen LogP) is 3.77. The van der Waals surface area contributed by atoms with Gasteiger partial charge in [0.2, 0.25) is 0 Å². The minimum atomic E-state index is -0.817. The SMILES string of the molecule is COc1ccc(C(N)c2cc3cccc(F)c3o2)c(F)c1. The van der Waals surface area contributed by atoms with Gasteiger partial charge in [-0.05, 0) is 18.2 Å². The summed E-state index contributed by atoms with van der Waals surface area (Å²) in [6, 6.07) is 9.78. The van der Waals surface area contributed by atoms with E-state index < -0.39 is 17.7 Å². The Morgan fingerprint density at radius 1 is 1.10 bits per heavy atom. The molecular weight excluding hydrogens is 276 g/mol. The summed E-state index contributed by atoms with van der Waals surface area (Å²) in [5.74, 6) is -0.262. The number of methoxy groups -OCH3 is 1. The Hall–Kier alpha value is -2.40. The molecule has 2 aromatic carbocycles. The Morgan fingerprint density at radius 2 is 1.90 bits per heavy atom. The molecule has 0 aliphatic carbocycles. The average molecular weight is 289 g/mol. The Labute approximate surface area is 119 Å². The Morgan fingerprint density at radius 3 is 2.57 bits per heavy atom. The maximum atomic E-state index is 14.0. The van der Waals surface area contributed by atoms with Gasteiger partial charge in [0.25, 0.3) is 0 Å². The van der Waals surface area contributed by atoms with Crippen molar-refractivity contribution in [2.24, 2.45) is 5.73 Å². The van der Waals surface area contributed by atoms with Crippen molar-refractivity contribution in [1.29, 1.82) is 0 Å². The quantitative estimate of drug-likeness (QED) is 0.798. The van der Waals surface area contributed by atoms with Crippen LogP contribution in [0, 0.1) is 11.6 Å². The van der Waals surface area contributed by atoms with Crippen LogP contribution < -0.4 is 10.5 Å². The van der Waals surface area contributed by atoms with E-state index in [9.17, 15) is 8.78 Å². The first-order chi connectivity index (χ1) is 10.1. The zero-order valence-corrected chi connectivity index (χ0v) is 11.3. The second-order valence-electron chi connectivity index (χ2n) is 4.67. The fraction of sp³-hybridized carbons (Fsp3) is 0.125. The van der Waals surface area contributed by atoms with E-state index in [1.807, 2.05) is 0 Å². The molecule has 0 saturated heterocycles.